The standard InChI is InChI=1S/C23H18Cl2N6O4S.C23H21ClN6O4S/c1-36(32,33)31-23-27-8-6-15(30-23)12-35-16-4-2-14(3-5-16)20-17-10-19(25)22(34-9-7-24)18(11-26)21(17)29-13-28-20;1-3-10-33-22-18(12-25)21-20(11-19(22)24)30(14-27-21)16-4-6-17(7-5-16)34-13-15-8-9-26-23(28-15)29-35(2,31)32/h2-6,8,10,13H,7,9,12H2,1H3,(H,27,30,31);4-9,11,14H,3,10,13H2,1-2H3,(H,26,28,29). The molecule has 8 rings (SSSR count). The Morgan fingerprint density at radius 1 is 0.662 bits per heavy atom. The minimum atomic E-state index is -3.49. The van der Waals surface area contributed by atoms with Gasteiger partial charge in [0.25, 0.3) is 0 Å². The molecule has 0 saturated heterocycles. The highest BCUT2D eigenvalue weighted by Gasteiger charge is 2.20. The second-order valence-electron chi connectivity index (χ2n) is 14.9. The number of halogens is 3. The summed E-state index contributed by atoms with van der Waals surface area (Å²) in [6.07, 6.45) is 8.72. The van der Waals surface area contributed by atoms with Crippen LogP contribution in [-0.2, 0) is 33.3 Å². The largest absolute Gasteiger partial charge is 0.491 e. The SMILES string of the molecule is CCCOc1c(Cl)cc2c(ncn2-c2ccc(OCc3ccnc(NS(C)(=O)=O)n3)cc2)c1C#N.CS(=O)(=O)Nc1nccc(COc2ccc(-c3ncnc4c(C#N)c(OCCCl)c(Cl)cc34)cc2)n1. The lowest BCUT2D eigenvalue weighted by atomic mass is 10.0. The molecule has 0 saturated carbocycles. The van der Waals surface area contributed by atoms with Crippen LogP contribution in [0.4, 0.5) is 11.9 Å². The van der Waals surface area contributed by atoms with E-state index < -0.39 is 20.0 Å². The third-order valence-corrected chi connectivity index (χ3v) is 11.4. The van der Waals surface area contributed by atoms with E-state index >= 15 is 0 Å². The van der Waals surface area contributed by atoms with Gasteiger partial charge in [-0.2, -0.15) is 10.5 Å². The number of nitriles is 2. The minimum absolute atomic E-state index is 0.0189. The molecule has 25 heteroatoms. The lowest BCUT2D eigenvalue weighted by molar-refractivity contribution is 0.301. The molecule has 364 valence electrons. The number of ether oxygens (including phenoxy) is 4. The van der Waals surface area contributed by atoms with Crippen molar-refractivity contribution in [2.45, 2.75) is 26.6 Å². The molecule has 0 amide bonds. The molecule has 0 aliphatic heterocycles. The summed E-state index contributed by atoms with van der Waals surface area (Å²) in [6.45, 7) is 2.85. The zero-order chi connectivity index (χ0) is 50.7. The fraction of sp³-hybridized carbons (Fsp3) is 0.196. The van der Waals surface area contributed by atoms with E-state index in [1.165, 1.54) is 18.7 Å². The number of nitrogens with one attached hydrogen (secondary N) is 2. The summed E-state index contributed by atoms with van der Waals surface area (Å²) in [5, 5.41) is 20.6. The van der Waals surface area contributed by atoms with Gasteiger partial charge in [0, 0.05) is 29.0 Å². The fourth-order valence-corrected chi connectivity index (χ4v) is 8.08. The molecule has 4 heterocycles. The van der Waals surface area contributed by atoms with Crippen molar-refractivity contribution in [2.75, 3.05) is 41.0 Å². The Balaban J connectivity index is 0.000000209. The van der Waals surface area contributed by atoms with Crippen LogP contribution in [0.2, 0.25) is 10.0 Å². The van der Waals surface area contributed by atoms with Gasteiger partial charge in [-0.25, -0.2) is 51.7 Å². The Morgan fingerprint density at radius 2 is 1.20 bits per heavy atom. The molecule has 0 aliphatic carbocycles. The maximum absolute atomic E-state index is 11.4. The molecular weight excluding hydrogens is 1020 g/mol. The summed E-state index contributed by atoms with van der Waals surface area (Å²) in [7, 11) is -6.96. The first-order valence-corrected chi connectivity index (χ1v) is 26.0. The van der Waals surface area contributed by atoms with Gasteiger partial charge in [-0.15, -0.1) is 11.6 Å². The first-order chi connectivity index (χ1) is 34.1. The van der Waals surface area contributed by atoms with Gasteiger partial charge in [0.2, 0.25) is 31.9 Å². The number of rotatable bonds is 18. The lowest BCUT2D eigenvalue weighted by Gasteiger charge is -2.13. The van der Waals surface area contributed by atoms with E-state index in [9.17, 15) is 27.4 Å². The molecule has 8 aromatic rings. The Labute approximate surface area is 422 Å². The van der Waals surface area contributed by atoms with Crippen molar-refractivity contribution in [2.24, 2.45) is 0 Å². The molecule has 0 spiro atoms. The number of imidazole rings is 1. The van der Waals surface area contributed by atoms with Crippen LogP contribution < -0.4 is 28.4 Å². The molecule has 20 nitrogen and oxygen atoms in total. The highest BCUT2D eigenvalue weighted by molar-refractivity contribution is 7.92. The average molecular weight is 1060 g/mol. The number of hydrogen-bond donors (Lipinski definition) is 2. The van der Waals surface area contributed by atoms with Gasteiger partial charge in [-0.05, 0) is 79.2 Å². The topological polar surface area (TPSA) is 272 Å². The van der Waals surface area contributed by atoms with E-state index in [1.807, 2.05) is 35.8 Å². The summed E-state index contributed by atoms with van der Waals surface area (Å²) in [5.74, 6) is 1.92. The Bertz CT molecular complexity index is 3540. The molecule has 0 unspecified atom stereocenters. The van der Waals surface area contributed by atoms with Crippen molar-refractivity contribution < 1.29 is 35.8 Å². The molecule has 2 N–H and O–H groups in total. The van der Waals surface area contributed by atoms with Crippen LogP contribution in [-0.4, -0.2) is 87.9 Å². The van der Waals surface area contributed by atoms with E-state index in [4.69, 9.17) is 53.8 Å². The van der Waals surface area contributed by atoms with Gasteiger partial charge in [-0.3, -0.25) is 14.0 Å². The van der Waals surface area contributed by atoms with Gasteiger partial charge in [-0.1, -0.05) is 30.1 Å². The van der Waals surface area contributed by atoms with Crippen LogP contribution in [0.1, 0.15) is 35.9 Å². The summed E-state index contributed by atoms with van der Waals surface area (Å²) < 4.78 is 74.5. The van der Waals surface area contributed by atoms with Crippen LogP contribution in [0.15, 0.2) is 97.8 Å². The summed E-state index contributed by atoms with van der Waals surface area (Å²) in [4.78, 5) is 29.1. The molecular formula is C46H39Cl3N12O8S2. The molecule has 0 aliphatic rings. The average Bonchev–Trinajstić information content (AvgIpc) is 3.76. The predicted molar refractivity (Wildman–Crippen MR) is 267 cm³/mol. The first kappa shape index (κ1) is 51.3. The number of alkyl halides is 1. The smallest absolute Gasteiger partial charge is 0.236 e. The lowest BCUT2D eigenvalue weighted by Crippen LogP contribution is -2.13. The number of benzene rings is 4. The number of sulfonamides is 2. The number of nitrogens with zero attached hydrogens (tertiary/aromatic N) is 10. The van der Waals surface area contributed by atoms with Crippen LogP contribution in [0.3, 0.4) is 0 Å². The second kappa shape index (κ2) is 22.9. The molecule has 71 heavy (non-hydrogen) atoms. The van der Waals surface area contributed by atoms with Crippen molar-refractivity contribution >= 4 is 88.7 Å². The van der Waals surface area contributed by atoms with Crippen LogP contribution in [0.25, 0.3) is 38.9 Å². The van der Waals surface area contributed by atoms with Gasteiger partial charge in [0.1, 0.15) is 72.8 Å². The van der Waals surface area contributed by atoms with Gasteiger partial charge in [0.15, 0.2) is 11.5 Å². The van der Waals surface area contributed by atoms with Crippen LogP contribution in [0, 0.1) is 22.7 Å². The zero-order valence-electron chi connectivity index (χ0n) is 37.7. The van der Waals surface area contributed by atoms with Crippen molar-refractivity contribution in [3.05, 3.63) is 130 Å². The molecule has 0 radical (unpaired) electrons. The van der Waals surface area contributed by atoms with E-state index in [0.29, 0.717) is 73.5 Å². The van der Waals surface area contributed by atoms with E-state index in [-0.39, 0.29) is 53.9 Å². The highest BCUT2D eigenvalue weighted by Crippen LogP contribution is 2.39. The summed E-state index contributed by atoms with van der Waals surface area (Å²) in [5.41, 5.74) is 5.25. The van der Waals surface area contributed by atoms with Crippen LogP contribution >= 0.6 is 34.8 Å². The summed E-state index contributed by atoms with van der Waals surface area (Å²) in [6, 6.07) is 25.3. The number of aromatic nitrogens is 8. The van der Waals surface area contributed by atoms with Crippen molar-refractivity contribution in [1.29, 1.82) is 10.5 Å². The number of hydrogen-bond acceptors (Lipinski definition) is 17. The molecule has 0 atom stereocenters. The minimum Gasteiger partial charge on any atom is -0.491 e. The summed E-state index contributed by atoms with van der Waals surface area (Å²) >= 11 is 18.5. The maximum atomic E-state index is 11.4. The van der Waals surface area contributed by atoms with Gasteiger partial charge < -0.3 is 18.9 Å². The Kier molecular flexibility index (Phi) is 16.5. The molecule has 4 aromatic carbocycles. The van der Waals surface area contributed by atoms with Crippen molar-refractivity contribution in [3.8, 4) is 52.1 Å². The van der Waals surface area contributed by atoms with Crippen LogP contribution in [0.5, 0.6) is 23.0 Å². The predicted octanol–water partition coefficient (Wildman–Crippen LogP) is 8.26. The highest BCUT2D eigenvalue weighted by atomic mass is 35.5. The number of fused-ring (bicyclic) bond motifs is 2. The Hall–Kier alpha value is -7.60. The van der Waals surface area contributed by atoms with Crippen molar-refractivity contribution in [1.82, 2.24) is 39.5 Å². The third kappa shape index (κ3) is 13.2. The van der Waals surface area contributed by atoms with E-state index in [1.54, 1.807) is 54.9 Å². The molecule has 4 aromatic heterocycles. The van der Waals surface area contributed by atoms with Gasteiger partial charge in [0.05, 0.1) is 63.2 Å². The fourth-order valence-electron chi connectivity index (χ4n) is 6.63. The van der Waals surface area contributed by atoms with E-state index in [0.717, 1.165) is 30.2 Å². The molecule has 0 fully saturated rings. The maximum Gasteiger partial charge on any atom is 0.236 e. The van der Waals surface area contributed by atoms with Gasteiger partial charge >= 0.3 is 0 Å². The second-order valence-corrected chi connectivity index (χ2v) is 19.6. The third-order valence-electron chi connectivity index (χ3n) is 9.58. The van der Waals surface area contributed by atoms with Crippen molar-refractivity contribution in [3.63, 3.8) is 0 Å². The zero-order valence-corrected chi connectivity index (χ0v) is 41.6. The molecule has 0 bridgehead atoms. The number of anilines is 2. The monoisotopic (exact) mass is 1060 g/mol. The Morgan fingerprint density at radius 3 is 1.73 bits per heavy atom. The normalized spacial score (nSPS) is 11.2. The first-order valence-electron chi connectivity index (χ1n) is 20.9. The van der Waals surface area contributed by atoms with E-state index in [2.05, 4.69) is 56.5 Å². The quantitative estimate of drug-likeness (QED) is 0.0765.